The van der Waals surface area contributed by atoms with Crippen molar-refractivity contribution >= 4 is 11.9 Å². The molecule has 5 heteroatoms. The van der Waals surface area contributed by atoms with Gasteiger partial charge in [0, 0.05) is 12.2 Å². The maximum absolute atomic E-state index is 9.33. The van der Waals surface area contributed by atoms with Gasteiger partial charge in [-0.25, -0.2) is 9.59 Å². The summed E-state index contributed by atoms with van der Waals surface area (Å²) in [5.41, 5.74) is 1.00. The average molecular weight is 280 g/mol. The summed E-state index contributed by atoms with van der Waals surface area (Å²) in [7, 11) is 0. The van der Waals surface area contributed by atoms with E-state index in [1.54, 1.807) is 0 Å². The lowest BCUT2D eigenvalue weighted by atomic mass is 10.1. The monoisotopic (exact) mass is 280 g/mol. The standard InChI is InChI=1S/C9H12O.2C3H4O2/c1-2-9(10)8-6-4-3-5-7-8;2*1-2-3(4)5/h3-7,9-10H,2H2,1H3;2*2H,1H2,(H,4,5). The molecular weight excluding hydrogens is 260 g/mol. The van der Waals surface area contributed by atoms with Gasteiger partial charge in [-0.2, -0.15) is 0 Å². The normalized spacial score (nSPS) is 9.70. The van der Waals surface area contributed by atoms with E-state index in [9.17, 15) is 14.7 Å². The molecule has 0 spiro atoms. The Bertz CT molecular complexity index is 394. The summed E-state index contributed by atoms with van der Waals surface area (Å²) in [5, 5.41) is 24.5. The Kier molecular flexibility index (Phi) is 13.0. The third-order valence-electron chi connectivity index (χ3n) is 1.92. The minimum absolute atomic E-state index is 0.291. The van der Waals surface area contributed by atoms with Crippen LogP contribution in [0, 0.1) is 0 Å². The van der Waals surface area contributed by atoms with Crippen molar-refractivity contribution in [1.29, 1.82) is 0 Å². The lowest BCUT2D eigenvalue weighted by Gasteiger charge is -2.05. The van der Waals surface area contributed by atoms with Gasteiger partial charge in [0.05, 0.1) is 6.10 Å². The largest absolute Gasteiger partial charge is 0.478 e. The third-order valence-corrected chi connectivity index (χ3v) is 1.92. The maximum Gasteiger partial charge on any atom is 0.327 e. The highest BCUT2D eigenvalue weighted by Gasteiger charge is 2.00. The number of hydrogen-bond acceptors (Lipinski definition) is 3. The molecule has 1 atom stereocenters. The summed E-state index contributed by atoms with van der Waals surface area (Å²) in [6.07, 6.45) is 2.16. The van der Waals surface area contributed by atoms with Crippen LogP contribution in [0.25, 0.3) is 0 Å². The summed E-state index contributed by atoms with van der Waals surface area (Å²) in [5.74, 6) is -1.96. The molecule has 1 aromatic carbocycles. The van der Waals surface area contributed by atoms with Crippen LogP contribution >= 0.6 is 0 Å². The van der Waals surface area contributed by atoms with Gasteiger partial charge in [0.2, 0.25) is 0 Å². The number of benzene rings is 1. The molecule has 0 radical (unpaired) electrons. The SMILES string of the molecule is C=CC(=O)O.C=CC(=O)O.CCC(O)c1ccccc1. The van der Waals surface area contributed by atoms with Crippen LogP contribution in [0.5, 0.6) is 0 Å². The molecule has 0 aliphatic heterocycles. The van der Waals surface area contributed by atoms with Crippen molar-refractivity contribution in [2.75, 3.05) is 0 Å². The molecule has 20 heavy (non-hydrogen) atoms. The first-order valence-corrected chi connectivity index (χ1v) is 5.82. The molecule has 0 heterocycles. The fourth-order valence-electron chi connectivity index (χ4n) is 0.911. The van der Waals surface area contributed by atoms with E-state index < -0.39 is 11.9 Å². The summed E-state index contributed by atoms with van der Waals surface area (Å²) in [6.45, 7) is 7.89. The van der Waals surface area contributed by atoms with Crippen molar-refractivity contribution in [2.45, 2.75) is 19.4 Å². The van der Waals surface area contributed by atoms with Crippen LogP contribution in [0.15, 0.2) is 55.6 Å². The van der Waals surface area contributed by atoms with Crippen LogP contribution in [0.4, 0.5) is 0 Å². The van der Waals surface area contributed by atoms with E-state index in [-0.39, 0.29) is 6.10 Å². The van der Waals surface area contributed by atoms with Gasteiger partial charge in [-0.15, -0.1) is 0 Å². The summed E-state index contributed by atoms with van der Waals surface area (Å²) in [6, 6.07) is 9.70. The zero-order valence-electron chi connectivity index (χ0n) is 11.4. The second kappa shape index (κ2) is 13.0. The van der Waals surface area contributed by atoms with Gasteiger partial charge >= 0.3 is 11.9 Å². The van der Waals surface area contributed by atoms with E-state index in [2.05, 4.69) is 13.2 Å². The average Bonchev–Trinajstić information content (AvgIpc) is 2.48. The van der Waals surface area contributed by atoms with E-state index in [4.69, 9.17) is 10.2 Å². The van der Waals surface area contributed by atoms with E-state index in [0.29, 0.717) is 0 Å². The lowest BCUT2D eigenvalue weighted by molar-refractivity contribution is -0.132. The number of rotatable bonds is 4. The predicted molar refractivity (Wildman–Crippen MR) is 77.4 cm³/mol. The molecule has 0 saturated heterocycles. The van der Waals surface area contributed by atoms with Crippen LogP contribution in [0.3, 0.4) is 0 Å². The van der Waals surface area contributed by atoms with E-state index >= 15 is 0 Å². The van der Waals surface area contributed by atoms with E-state index in [1.807, 2.05) is 37.3 Å². The van der Waals surface area contributed by atoms with Gasteiger partial charge in [0.15, 0.2) is 0 Å². The van der Waals surface area contributed by atoms with Crippen LogP contribution in [-0.4, -0.2) is 27.3 Å². The molecular formula is C15H20O5. The minimum Gasteiger partial charge on any atom is -0.478 e. The topological polar surface area (TPSA) is 94.8 Å². The van der Waals surface area contributed by atoms with Crippen molar-refractivity contribution < 1.29 is 24.9 Å². The summed E-state index contributed by atoms with van der Waals surface area (Å²) in [4.78, 5) is 18.5. The number of carbonyl (C=O) groups is 2. The summed E-state index contributed by atoms with van der Waals surface area (Å²) < 4.78 is 0. The molecule has 0 fully saturated rings. The number of aliphatic hydroxyl groups excluding tert-OH is 1. The number of aliphatic hydroxyl groups is 1. The first-order chi connectivity index (χ1) is 9.38. The molecule has 0 amide bonds. The van der Waals surface area contributed by atoms with Crippen LogP contribution in [0.1, 0.15) is 25.0 Å². The molecule has 0 saturated carbocycles. The molecule has 5 nitrogen and oxygen atoms in total. The molecule has 1 rings (SSSR count). The number of carboxylic acid groups (broad SMARTS) is 2. The lowest BCUT2D eigenvalue weighted by Crippen LogP contribution is -1.93. The number of aliphatic carboxylic acids is 2. The molecule has 0 aliphatic carbocycles. The van der Waals surface area contributed by atoms with Gasteiger partial charge in [-0.3, -0.25) is 0 Å². The quantitative estimate of drug-likeness (QED) is 0.737. The second-order valence-corrected chi connectivity index (χ2v) is 3.42. The van der Waals surface area contributed by atoms with Crippen molar-refractivity contribution in [3.8, 4) is 0 Å². The highest BCUT2D eigenvalue weighted by atomic mass is 16.4. The van der Waals surface area contributed by atoms with Gasteiger partial charge < -0.3 is 15.3 Å². The Hall–Kier alpha value is -2.40. The predicted octanol–water partition coefficient (Wildman–Crippen LogP) is 2.64. The first-order valence-electron chi connectivity index (χ1n) is 5.82. The van der Waals surface area contributed by atoms with Crippen molar-refractivity contribution in [3.05, 3.63) is 61.2 Å². The Morgan fingerprint density at radius 1 is 1.10 bits per heavy atom. The minimum atomic E-state index is -0.981. The maximum atomic E-state index is 9.33. The van der Waals surface area contributed by atoms with Gasteiger partial charge in [0.1, 0.15) is 0 Å². The van der Waals surface area contributed by atoms with E-state index in [0.717, 1.165) is 24.1 Å². The molecule has 0 bridgehead atoms. The van der Waals surface area contributed by atoms with Crippen LogP contribution < -0.4 is 0 Å². The smallest absolute Gasteiger partial charge is 0.327 e. The highest BCUT2D eigenvalue weighted by Crippen LogP contribution is 2.14. The fourth-order valence-corrected chi connectivity index (χ4v) is 0.911. The molecule has 3 N–H and O–H groups in total. The zero-order chi connectivity index (χ0) is 16.0. The fraction of sp³-hybridized carbons (Fsp3) is 0.200. The van der Waals surface area contributed by atoms with Crippen LogP contribution in [0.2, 0.25) is 0 Å². The van der Waals surface area contributed by atoms with Crippen molar-refractivity contribution in [1.82, 2.24) is 0 Å². The molecule has 1 unspecified atom stereocenters. The van der Waals surface area contributed by atoms with Crippen LogP contribution in [-0.2, 0) is 9.59 Å². The Morgan fingerprint density at radius 2 is 1.45 bits per heavy atom. The van der Waals surface area contributed by atoms with Crippen molar-refractivity contribution in [2.24, 2.45) is 0 Å². The first kappa shape index (κ1) is 19.9. The molecule has 110 valence electrons. The third kappa shape index (κ3) is 13.7. The molecule has 0 aromatic heterocycles. The highest BCUT2D eigenvalue weighted by molar-refractivity contribution is 5.79. The van der Waals surface area contributed by atoms with Gasteiger partial charge in [-0.1, -0.05) is 50.4 Å². The summed E-state index contributed by atoms with van der Waals surface area (Å²) >= 11 is 0. The van der Waals surface area contributed by atoms with E-state index in [1.165, 1.54) is 0 Å². The Morgan fingerprint density at radius 3 is 1.70 bits per heavy atom. The molecule has 1 aromatic rings. The van der Waals surface area contributed by atoms with Gasteiger partial charge in [0.25, 0.3) is 0 Å². The Labute approximate surface area is 118 Å². The Balaban J connectivity index is 0. The number of hydrogen-bond donors (Lipinski definition) is 3. The van der Waals surface area contributed by atoms with Crippen molar-refractivity contribution in [3.63, 3.8) is 0 Å². The number of carboxylic acids is 2. The van der Waals surface area contributed by atoms with Gasteiger partial charge in [-0.05, 0) is 12.0 Å². The second-order valence-electron chi connectivity index (χ2n) is 3.42. The molecule has 0 aliphatic rings. The zero-order valence-corrected chi connectivity index (χ0v) is 11.4.